The number of fused-ring (bicyclic) bond motifs is 1. The van der Waals surface area contributed by atoms with E-state index in [1.165, 1.54) is 17.6 Å². The topological polar surface area (TPSA) is 63.1 Å². The fourth-order valence-corrected chi connectivity index (χ4v) is 2.70. The monoisotopic (exact) mass is 270 g/mol. The van der Waals surface area contributed by atoms with Gasteiger partial charge in [0.1, 0.15) is 5.69 Å². The van der Waals surface area contributed by atoms with Crippen molar-refractivity contribution < 1.29 is 9.90 Å². The third kappa shape index (κ3) is 1.98. The molecule has 0 saturated heterocycles. The minimum absolute atomic E-state index is 0.0552. The molecule has 2 aromatic heterocycles. The van der Waals surface area contributed by atoms with Gasteiger partial charge in [0.15, 0.2) is 0 Å². The summed E-state index contributed by atoms with van der Waals surface area (Å²) in [5, 5.41) is 11.9. The van der Waals surface area contributed by atoms with Crippen molar-refractivity contribution in [2.75, 3.05) is 0 Å². The predicted molar refractivity (Wildman–Crippen MR) is 74.5 cm³/mol. The van der Waals surface area contributed by atoms with Crippen molar-refractivity contribution in [3.05, 3.63) is 47.0 Å². The Balaban J connectivity index is 2.28. The molecule has 5 heteroatoms. The van der Waals surface area contributed by atoms with Crippen LogP contribution in [0.3, 0.4) is 0 Å². The summed E-state index contributed by atoms with van der Waals surface area (Å²) in [4.78, 5) is 15.1. The molecular formula is C14H10N2O2S. The Morgan fingerprint density at radius 3 is 2.79 bits per heavy atom. The van der Waals surface area contributed by atoms with Crippen molar-refractivity contribution >= 4 is 28.4 Å². The van der Waals surface area contributed by atoms with Gasteiger partial charge in [-0.15, -0.1) is 0 Å². The van der Waals surface area contributed by atoms with Gasteiger partial charge in [-0.05, 0) is 42.2 Å². The molecule has 0 radical (unpaired) electrons. The molecule has 4 nitrogen and oxygen atoms in total. The summed E-state index contributed by atoms with van der Waals surface area (Å²) in [7, 11) is 0. The Hall–Kier alpha value is -2.27. The fraction of sp³-hybridized carbons (Fsp3) is 0.0714. The number of carboxylic acids is 1. The zero-order valence-electron chi connectivity index (χ0n) is 10.1. The smallest absolute Gasteiger partial charge is 0.354 e. The lowest BCUT2D eigenvalue weighted by Gasteiger charge is -2.05. The molecule has 0 amide bonds. The zero-order valence-corrected chi connectivity index (χ0v) is 10.9. The molecule has 19 heavy (non-hydrogen) atoms. The SMILES string of the molecule is Cc1csnc1-c1cccc2nc(C(=O)O)ccc12. The first-order valence-electron chi connectivity index (χ1n) is 5.71. The van der Waals surface area contributed by atoms with Crippen LogP contribution in [0.25, 0.3) is 22.2 Å². The van der Waals surface area contributed by atoms with Crippen molar-refractivity contribution in [2.45, 2.75) is 6.92 Å². The molecule has 0 atom stereocenters. The second kappa shape index (κ2) is 4.44. The number of carbonyl (C=O) groups is 1. The first kappa shape index (κ1) is 11.8. The minimum Gasteiger partial charge on any atom is -0.477 e. The van der Waals surface area contributed by atoms with Gasteiger partial charge in [0, 0.05) is 16.3 Å². The van der Waals surface area contributed by atoms with E-state index in [0.717, 1.165) is 22.2 Å². The van der Waals surface area contributed by atoms with Gasteiger partial charge in [-0.2, -0.15) is 4.37 Å². The van der Waals surface area contributed by atoms with Crippen molar-refractivity contribution in [3.63, 3.8) is 0 Å². The van der Waals surface area contributed by atoms with Crippen LogP contribution in [0.15, 0.2) is 35.7 Å². The second-order valence-corrected chi connectivity index (χ2v) is 4.85. The summed E-state index contributed by atoms with van der Waals surface area (Å²) in [6, 6.07) is 8.98. The number of aromatic carboxylic acids is 1. The van der Waals surface area contributed by atoms with Crippen molar-refractivity contribution in [1.82, 2.24) is 9.36 Å². The lowest BCUT2D eigenvalue weighted by atomic mass is 10.0. The number of hydrogen-bond donors (Lipinski definition) is 1. The average molecular weight is 270 g/mol. The van der Waals surface area contributed by atoms with E-state index in [4.69, 9.17) is 5.11 Å². The van der Waals surface area contributed by atoms with E-state index < -0.39 is 5.97 Å². The highest BCUT2D eigenvalue weighted by molar-refractivity contribution is 7.04. The summed E-state index contributed by atoms with van der Waals surface area (Å²) in [6.07, 6.45) is 0. The number of aromatic nitrogens is 2. The van der Waals surface area contributed by atoms with Gasteiger partial charge < -0.3 is 5.11 Å². The van der Waals surface area contributed by atoms with Crippen LogP contribution in [-0.4, -0.2) is 20.4 Å². The summed E-state index contributed by atoms with van der Waals surface area (Å²) in [5.74, 6) is -1.02. The van der Waals surface area contributed by atoms with Crippen LogP contribution in [0, 0.1) is 6.92 Å². The molecule has 0 aliphatic rings. The van der Waals surface area contributed by atoms with Crippen molar-refractivity contribution in [3.8, 4) is 11.3 Å². The lowest BCUT2D eigenvalue weighted by molar-refractivity contribution is 0.0691. The van der Waals surface area contributed by atoms with E-state index in [0.29, 0.717) is 5.52 Å². The predicted octanol–water partition coefficient (Wildman–Crippen LogP) is 3.36. The van der Waals surface area contributed by atoms with Gasteiger partial charge >= 0.3 is 5.97 Å². The number of hydrogen-bond acceptors (Lipinski definition) is 4. The fourth-order valence-electron chi connectivity index (χ4n) is 2.03. The lowest BCUT2D eigenvalue weighted by Crippen LogP contribution is -2.00. The molecule has 0 unspecified atom stereocenters. The van der Waals surface area contributed by atoms with E-state index in [1.54, 1.807) is 6.07 Å². The maximum atomic E-state index is 10.9. The van der Waals surface area contributed by atoms with Crippen LogP contribution in [0.4, 0.5) is 0 Å². The highest BCUT2D eigenvalue weighted by atomic mass is 32.1. The molecule has 0 saturated carbocycles. The molecule has 3 aromatic rings. The van der Waals surface area contributed by atoms with Crippen LogP contribution in [0.5, 0.6) is 0 Å². The third-order valence-corrected chi connectivity index (χ3v) is 3.70. The van der Waals surface area contributed by atoms with E-state index in [-0.39, 0.29) is 5.69 Å². The molecule has 3 rings (SSSR count). The average Bonchev–Trinajstić information content (AvgIpc) is 2.83. The number of nitrogens with zero attached hydrogens (tertiary/aromatic N) is 2. The number of rotatable bonds is 2. The Morgan fingerprint density at radius 2 is 2.11 bits per heavy atom. The highest BCUT2D eigenvalue weighted by Crippen LogP contribution is 2.30. The molecule has 0 fully saturated rings. The molecular weight excluding hydrogens is 260 g/mol. The van der Waals surface area contributed by atoms with Crippen LogP contribution < -0.4 is 0 Å². The normalized spacial score (nSPS) is 10.8. The third-order valence-electron chi connectivity index (χ3n) is 2.95. The highest BCUT2D eigenvalue weighted by Gasteiger charge is 2.11. The summed E-state index contributed by atoms with van der Waals surface area (Å²) in [5.41, 5.74) is 3.76. The molecule has 0 aliphatic heterocycles. The summed E-state index contributed by atoms with van der Waals surface area (Å²) in [6.45, 7) is 2.01. The maximum absolute atomic E-state index is 10.9. The van der Waals surface area contributed by atoms with Crippen LogP contribution in [0.2, 0.25) is 0 Å². The van der Waals surface area contributed by atoms with Crippen LogP contribution in [-0.2, 0) is 0 Å². The summed E-state index contributed by atoms with van der Waals surface area (Å²) >= 11 is 1.41. The van der Waals surface area contributed by atoms with Gasteiger partial charge in [0.25, 0.3) is 0 Å². The Labute approximate surface area is 113 Å². The quantitative estimate of drug-likeness (QED) is 0.775. The van der Waals surface area contributed by atoms with Crippen LogP contribution in [0.1, 0.15) is 16.1 Å². The van der Waals surface area contributed by atoms with Gasteiger partial charge in [-0.25, -0.2) is 9.78 Å². The van der Waals surface area contributed by atoms with Gasteiger partial charge in [0.05, 0.1) is 11.2 Å². The Kier molecular flexibility index (Phi) is 2.76. The number of carboxylic acid groups (broad SMARTS) is 1. The van der Waals surface area contributed by atoms with Gasteiger partial charge in [0.2, 0.25) is 0 Å². The molecule has 94 valence electrons. The standard InChI is InChI=1S/C14H10N2O2S/c1-8-7-19-16-13(8)10-3-2-4-11-9(10)5-6-12(15-11)14(17)18/h2-7H,1H3,(H,17,18). The first-order valence-corrected chi connectivity index (χ1v) is 6.55. The molecule has 0 aliphatic carbocycles. The molecule has 1 aromatic carbocycles. The molecule has 0 spiro atoms. The van der Waals surface area contributed by atoms with E-state index in [9.17, 15) is 4.79 Å². The molecule has 2 heterocycles. The van der Waals surface area contributed by atoms with Crippen molar-refractivity contribution in [1.29, 1.82) is 0 Å². The Morgan fingerprint density at radius 1 is 1.26 bits per heavy atom. The second-order valence-electron chi connectivity index (χ2n) is 4.22. The largest absolute Gasteiger partial charge is 0.477 e. The number of benzene rings is 1. The number of aryl methyl sites for hydroxylation is 1. The first-order chi connectivity index (χ1) is 9.16. The Bertz CT molecular complexity index is 780. The van der Waals surface area contributed by atoms with Crippen molar-refractivity contribution in [2.24, 2.45) is 0 Å². The van der Waals surface area contributed by atoms with Gasteiger partial charge in [-0.1, -0.05) is 12.1 Å². The van der Waals surface area contributed by atoms with Crippen LogP contribution >= 0.6 is 11.5 Å². The summed E-state index contributed by atoms with van der Waals surface area (Å²) < 4.78 is 4.39. The minimum atomic E-state index is -1.02. The van der Waals surface area contributed by atoms with E-state index in [1.807, 2.05) is 30.5 Å². The number of pyridine rings is 1. The van der Waals surface area contributed by atoms with E-state index in [2.05, 4.69) is 9.36 Å². The van der Waals surface area contributed by atoms with E-state index >= 15 is 0 Å². The molecule has 1 N–H and O–H groups in total. The molecule has 0 bridgehead atoms. The zero-order chi connectivity index (χ0) is 13.4. The van der Waals surface area contributed by atoms with Gasteiger partial charge in [-0.3, -0.25) is 0 Å². The maximum Gasteiger partial charge on any atom is 0.354 e.